The SMILES string of the molecule is CCc1cc2c3c(c1)N(c1ccc(C(C)(C)C)cc1)c1c(sc4ccc(C(C)(C)C)cc14)B3c1ccc(N(c3ccc(C(C)(C)C)cc3)c3ccc(C(C)(C)C)cc3-c3ccccc3)cc1N2c1cc2ccc3ccccc3c2cc1-c1ccccc1. The van der Waals surface area contributed by atoms with Gasteiger partial charge in [-0.1, -0.05) is 230 Å². The summed E-state index contributed by atoms with van der Waals surface area (Å²) in [7, 11) is 0. The van der Waals surface area contributed by atoms with E-state index >= 15 is 0 Å². The van der Waals surface area contributed by atoms with Crippen LogP contribution in [0.1, 0.15) is 118 Å². The lowest BCUT2D eigenvalue weighted by atomic mass is 9.36. The van der Waals surface area contributed by atoms with Gasteiger partial charge >= 0.3 is 0 Å². The lowest BCUT2D eigenvalue weighted by Crippen LogP contribution is -2.60. The summed E-state index contributed by atoms with van der Waals surface area (Å²) in [6, 6.07) is 86.5. The van der Waals surface area contributed by atoms with Crippen molar-refractivity contribution in [1.29, 1.82) is 0 Å². The Labute approximate surface area is 520 Å². The largest absolute Gasteiger partial charge is 0.311 e. The van der Waals surface area contributed by atoms with Crippen LogP contribution in [0.15, 0.2) is 224 Å². The van der Waals surface area contributed by atoms with Crippen molar-refractivity contribution in [3.8, 4) is 22.3 Å². The molecular formula is C82H78BN3S. The van der Waals surface area contributed by atoms with Gasteiger partial charge in [0.2, 0.25) is 0 Å². The fourth-order valence-electron chi connectivity index (χ4n) is 13.6. The zero-order chi connectivity index (χ0) is 60.5. The molecule has 0 spiro atoms. The van der Waals surface area contributed by atoms with Gasteiger partial charge in [0.15, 0.2) is 0 Å². The summed E-state index contributed by atoms with van der Waals surface area (Å²) in [5, 5.41) is 6.25. The van der Waals surface area contributed by atoms with E-state index in [0.717, 1.165) is 29.2 Å². The number of aryl methyl sites for hydroxylation is 1. The first-order valence-corrected chi connectivity index (χ1v) is 32.1. The van der Waals surface area contributed by atoms with Gasteiger partial charge < -0.3 is 14.7 Å². The third kappa shape index (κ3) is 9.74. The highest BCUT2D eigenvalue weighted by molar-refractivity contribution is 7.33. The molecule has 0 bridgehead atoms. The number of fused-ring (bicyclic) bond motifs is 9. The summed E-state index contributed by atoms with van der Waals surface area (Å²) in [5.41, 5.74) is 24.4. The van der Waals surface area contributed by atoms with Crippen LogP contribution in [-0.2, 0) is 28.1 Å². The van der Waals surface area contributed by atoms with Crippen molar-refractivity contribution in [2.24, 2.45) is 0 Å². The van der Waals surface area contributed by atoms with Gasteiger partial charge in [0.05, 0.1) is 17.1 Å². The Bertz CT molecular complexity index is 4640. The van der Waals surface area contributed by atoms with Crippen LogP contribution in [0.3, 0.4) is 0 Å². The molecule has 3 heterocycles. The van der Waals surface area contributed by atoms with Crippen molar-refractivity contribution in [1.82, 2.24) is 0 Å². The number of thiophene rings is 1. The van der Waals surface area contributed by atoms with E-state index in [1.54, 1.807) is 0 Å². The monoisotopic (exact) mass is 1150 g/mol. The molecule has 0 fully saturated rings. The quantitative estimate of drug-likeness (QED) is 0.111. The average molecular weight is 1150 g/mol. The molecule has 87 heavy (non-hydrogen) atoms. The van der Waals surface area contributed by atoms with Crippen molar-refractivity contribution < 1.29 is 0 Å². The first-order valence-electron chi connectivity index (χ1n) is 31.3. The van der Waals surface area contributed by atoms with Crippen LogP contribution in [0.5, 0.6) is 0 Å². The summed E-state index contributed by atoms with van der Waals surface area (Å²) in [5.74, 6) is 0. The molecule has 2 aliphatic rings. The van der Waals surface area contributed by atoms with Gasteiger partial charge in [0, 0.05) is 60.1 Å². The number of nitrogens with zero attached hydrogens (tertiary/aromatic N) is 3. The van der Waals surface area contributed by atoms with Crippen LogP contribution in [0.25, 0.3) is 53.9 Å². The number of rotatable bonds is 8. The minimum absolute atomic E-state index is 0.00474. The molecule has 0 aliphatic carbocycles. The number of hydrogen-bond donors (Lipinski definition) is 0. The molecule has 14 rings (SSSR count). The van der Waals surface area contributed by atoms with Crippen LogP contribution in [0.2, 0.25) is 0 Å². The Morgan fingerprint density at radius 1 is 0.402 bits per heavy atom. The van der Waals surface area contributed by atoms with E-state index in [-0.39, 0.29) is 28.4 Å². The van der Waals surface area contributed by atoms with Crippen LogP contribution in [-0.4, -0.2) is 6.71 Å². The van der Waals surface area contributed by atoms with E-state index in [2.05, 4.69) is 329 Å². The molecule has 0 saturated heterocycles. The predicted octanol–water partition coefficient (Wildman–Crippen LogP) is 21.8. The van der Waals surface area contributed by atoms with E-state index in [9.17, 15) is 0 Å². The van der Waals surface area contributed by atoms with Gasteiger partial charge in [-0.2, -0.15) is 0 Å². The van der Waals surface area contributed by atoms with Gasteiger partial charge in [-0.05, 0) is 184 Å². The van der Waals surface area contributed by atoms with Gasteiger partial charge in [-0.3, -0.25) is 0 Å². The molecule has 0 atom stereocenters. The van der Waals surface area contributed by atoms with Crippen molar-refractivity contribution in [2.45, 2.75) is 118 Å². The standard InChI is InChI=1S/C82H78BN3S/c1-14-52-45-73-76-74(46-52)86(71-47-56-30-29-55-27-21-22-28-64(55)65(56)51-67(71)54-25-19-16-20-26-54)72-50-63(84(61-37-31-57(32-38-61)79(2,3)4)70-43-35-59(81(8,9)10)48-66(70)53-23-17-15-18-24-53)41-42-69(72)83(76)78-77(68-49-60(82(11,12)13)36-44-75(68)87-78)85(73)62-39-33-58(34-40-62)80(5,6)7/h15-51H,14H2,1-13H3. The smallest absolute Gasteiger partial charge is 0.264 e. The maximum atomic E-state index is 2.68. The number of hydrogen-bond acceptors (Lipinski definition) is 4. The second kappa shape index (κ2) is 20.8. The zero-order valence-electron chi connectivity index (χ0n) is 52.9. The summed E-state index contributed by atoms with van der Waals surface area (Å²) in [6.45, 7) is 30.1. The van der Waals surface area contributed by atoms with Crippen LogP contribution < -0.4 is 30.4 Å². The summed E-state index contributed by atoms with van der Waals surface area (Å²) < 4.78 is 2.68. The minimum Gasteiger partial charge on any atom is -0.311 e. The molecule has 0 radical (unpaired) electrons. The number of anilines is 9. The van der Waals surface area contributed by atoms with Crippen LogP contribution >= 0.6 is 11.3 Å². The van der Waals surface area contributed by atoms with Gasteiger partial charge in [-0.15, -0.1) is 11.3 Å². The van der Waals surface area contributed by atoms with Crippen LogP contribution in [0.4, 0.5) is 51.2 Å². The molecular weight excluding hydrogens is 1070 g/mol. The Morgan fingerprint density at radius 3 is 1.60 bits per heavy atom. The van der Waals surface area contributed by atoms with Crippen molar-refractivity contribution in [3.05, 3.63) is 252 Å². The van der Waals surface area contributed by atoms with Gasteiger partial charge in [-0.25, -0.2) is 0 Å². The summed E-state index contributed by atoms with van der Waals surface area (Å²) in [6.07, 6.45) is 0.869. The fraction of sp³-hybridized carbons (Fsp3) is 0.220. The Kier molecular flexibility index (Phi) is 13.4. The molecule has 11 aromatic carbocycles. The first kappa shape index (κ1) is 56.2. The van der Waals surface area contributed by atoms with E-state index < -0.39 is 0 Å². The fourth-order valence-corrected chi connectivity index (χ4v) is 14.9. The van der Waals surface area contributed by atoms with Crippen molar-refractivity contribution in [3.63, 3.8) is 0 Å². The van der Waals surface area contributed by atoms with Gasteiger partial charge in [0.1, 0.15) is 0 Å². The lowest BCUT2D eigenvalue weighted by Gasteiger charge is -2.44. The van der Waals surface area contributed by atoms with Gasteiger partial charge in [0.25, 0.3) is 6.71 Å². The third-order valence-corrected chi connectivity index (χ3v) is 19.8. The van der Waals surface area contributed by atoms with E-state index in [1.807, 2.05) is 11.3 Å². The molecule has 0 saturated carbocycles. The Morgan fingerprint density at radius 2 is 0.954 bits per heavy atom. The third-order valence-electron chi connectivity index (χ3n) is 18.6. The molecule has 1 aromatic heterocycles. The molecule has 3 nitrogen and oxygen atoms in total. The summed E-state index contributed by atoms with van der Waals surface area (Å²) >= 11 is 1.98. The molecule has 430 valence electrons. The minimum atomic E-state index is -0.0770. The second-order valence-electron chi connectivity index (χ2n) is 28.5. The van der Waals surface area contributed by atoms with E-state index in [1.165, 1.54) is 126 Å². The molecule has 12 aromatic rings. The normalized spacial score (nSPS) is 13.3. The maximum absolute atomic E-state index is 2.68. The van der Waals surface area contributed by atoms with Crippen molar-refractivity contribution >= 4 is 117 Å². The Balaban J connectivity index is 1.12. The van der Waals surface area contributed by atoms with E-state index in [0.29, 0.717) is 0 Å². The molecule has 2 aliphatic heterocycles. The van der Waals surface area contributed by atoms with E-state index in [4.69, 9.17) is 0 Å². The highest BCUT2D eigenvalue weighted by Crippen LogP contribution is 2.53. The highest BCUT2D eigenvalue weighted by Gasteiger charge is 2.46. The molecule has 0 unspecified atom stereocenters. The molecule has 0 N–H and O–H groups in total. The summed E-state index contributed by atoms with van der Waals surface area (Å²) in [4.78, 5) is 7.87. The topological polar surface area (TPSA) is 9.72 Å². The Hall–Kier alpha value is -8.64. The lowest BCUT2D eigenvalue weighted by molar-refractivity contribution is 0.590. The number of benzene rings is 11. The van der Waals surface area contributed by atoms with Crippen LogP contribution in [0, 0.1) is 0 Å². The maximum Gasteiger partial charge on any atom is 0.264 e. The first-order chi connectivity index (χ1) is 41.6. The van der Waals surface area contributed by atoms with Crippen molar-refractivity contribution in [2.75, 3.05) is 14.7 Å². The zero-order valence-corrected chi connectivity index (χ0v) is 53.7. The molecule has 0 amide bonds. The predicted molar refractivity (Wildman–Crippen MR) is 381 cm³/mol. The average Bonchev–Trinajstić information content (AvgIpc) is 1.69. The second-order valence-corrected chi connectivity index (χ2v) is 29.6. The highest BCUT2D eigenvalue weighted by atomic mass is 32.1. The molecule has 5 heteroatoms.